The Morgan fingerprint density at radius 3 is 2.56 bits per heavy atom. The Labute approximate surface area is 144 Å². The van der Waals surface area contributed by atoms with E-state index in [4.69, 9.17) is 0 Å². The Balaban J connectivity index is 1.94. The van der Waals surface area contributed by atoms with Crippen molar-refractivity contribution in [2.24, 2.45) is 0 Å². The van der Waals surface area contributed by atoms with Crippen LogP contribution >= 0.6 is 0 Å². The lowest BCUT2D eigenvalue weighted by Gasteiger charge is -2.30. The molecule has 0 aromatic heterocycles. The molecule has 1 N–H and O–H groups in total. The lowest BCUT2D eigenvalue weighted by molar-refractivity contribution is -0.384. The van der Waals surface area contributed by atoms with Crippen molar-refractivity contribution >= 4 is 23.0 Å². The van der Waals surface area contributed by atoms with Crippen LogP contribution < -0.4 is 10.2 Å². The second-order valence-corrected chi connectivity index (χ2v) is 5.97. The van der Waals surface area contributed by atoms with Crippen molar-refractivity contribution in [3.05, 3.63) is 64.0 Å². The summed E-state index contributed by atoms with van der Waals surface area (Å²) in [5.74, 6) is -0.956. The largest absolute Gasteiger partial charge is 0.371 e. The van der Waals surface area contributed by atoms with Gasteiger partial charge in [-0.05, 0) is 43.5 Å². The van der Waals surface area contributed by atoms with Gasteiger partial charge in [-0.3, -0.25) is 14.9 Å². The number of carbonyl (C=O) groups is 1. The Morgan fingerprint density at radius 2 is 1.88 bits per heavy atom. The topological polar surface area (TPSA) is 75.5 Å². The minimum atomic E-state index is -0.529. The van der Waals surface area contributed by atoms with Crippen molar-refractivity contribution in [3.8, 4) is 0 Å². The molecule has 2 aromatic rings. The minimum absolute atomic E-state index is 0.148. The number of benzene rings is 2. The maximum absolute atomic E-state index is 13.3. The highest BCUT2D eigenvalue weighted by Crippen LogP contribution is 2.28. The van der Waals surface area contributed by atoms with Gasteiger partial charge in [-0.25, -0.2) is 4.39 Å². The van der Waals surface area contributed by atoms with Crippen LogP contribution in [0.4, 0.5) is 21.5 Å². The summed E-state index contributed by atoms with van der Waals surface area (Å²) < 4.78 is 13.3. The number of nitrogens with zero attached hydrogens (tertiary/aromatic N) is 2. The molecule has 6 nitrogen and oxygen atoms in total. The summed E-state index contributed by atoms with van der Waals surface area (Å²) in [7, 11) is 0. The van der Waals surface area contributed by atoms with Gasteiger partial charge in [0.15, 0.2) is 0 Å². The van der Waals surface area contributed by atoms with Crippen molar-refractivity contribution in [2.75, 3.05) is 23.3 Å². The third-order valence-electron chi connectivity index (χ3n) is 4.21. The fraction of sp³-hybridized carbons (Fsp3) is 0.278. The van der Waals surface area contributed by atoms with Gasteiger partial charge in [-0.15, -0.1) is 0 Å². The highest BCUT2D eigenvalue weighted by atomic mass is 19.1. The van der Waals surface area contributed by atoms with Gasteiger partial charge in [0.1, 0.15) is 5.82 Å². The third-order valence-corrected chi connectivity index (χ3v) is 4.21. The number of non-ortho nitro benzene ring substituents is 1. The van der Waals surface area contributed by atoms with Crippen LogP contribution in [0.2, 0.25) is 0 Å². The first-order valence-corrected chi connectivity index (χ1v) is 8.15. The van der Waals surface area contributed by atoms with Gasteiger partial charge < -0.3 is 10.2 Å². The second-order valence-electron chi connectivity index (χ2n) is 5.97. The van der Waals surface area contributed by atoms with Crippen LogP contribution in [-0.2, 0) is 0 Å². The SMILES string of the molecule is O=C(Nc1cccc(F)c1)c1cc([N+](=O)[O-])ccc1N1CCCCC1. The fourth-order valence-corrected chi connectivity index (χ4v) is 2.99. The maximum Gasteiger partial charge on any atom is 0.270 e. The molecule has 1 fully saturated rings. The summed E-state index contributed by atoms with van der Waals surface area (Å²) in [6, 6.07) is 9.84. The zero-order valence-corrected chi connectivity index (χ0v) is 13.6. The molecule has 0 bridgehead atoms. The molecule has 1 heterocycles. The molecule has 1 amide bonds. The Kier molecular flexibility index (Phi) is 4.92. The first-order chi connectivity index (χ1) is 12.0. The number of piperidine rings is 1. The quantitative estimate of drug-likeness (QED) is 0.673. The smallest absolute Gasteiger partial charge is 0.270 e. The molecule has 0 spiro atoms. The highest BCUT2D eigenvalue weighted by Gasteiger charge is 2.22. The zero-order chi connectivity index (χ0) is 17.8. The molecule has 0 aliphatic carbocycles. The summed E-state index contributed by atoms with van der Waals surface area (Å²) in [5.41, 5.74) is 1.05. The predicted molar refractivity (Wildman–Crippen MR) is 93.5 cm³/mol. The van der Waals surface area contributed by atoms with Crippen LogP contribution in [0.15, 0.2) is 42.5 Å². The van der Waals surface area contributed by atoms with Crippen molar-refractivity contribution in [1.82, 2.24) is 0 Å². The molecular weight excluding hydrogens is 325 g/mol. The lowest BCUT2D eigenvalue weighted by Crippen LogP contribution is -2.31. The van der Waals surface area contributed by atoms with Crippen molar-refractivity contribution in [1.29, 1.82) is 0 Å². The van der Waals surface area contributed by atoms with E-state index in [1.165, 1.54) is 30.3 Å². The van der Waals surface area contributed by atoms with E-state index in [0.29, 0.717) is 11.4 Å². The fourth-order valence-electron chi connectivity index (χ4n) is 2.99. The van der Waals surface area contributed by atoms with Gasteiger partial charge >= 0.3 is 0 Å². The molecule has 3 rings (SSSR count). The number of anilines is 2. The summed E-state index contributed by atoms with van der Waals surface area (Å²) in [5, 5.41) is 13.7. The van der Waals surface area contributed by atoms with Crippen molar-refractivity contribution < 1.29 is 14.1 Å². The first-order valence-electron chi connectivity index (χ1n) is 8.15. The molecule has 1 aliphatic heterocycles. The minimum Gasteiger partial charge on any atom is -0.371 e. The van der Waals surface area contributed by atoms with E-state index >= 15 is 0 Å². The van der Waals surface area contributed by atoms with E-state index in [2.05, 4.69) is 10.2 Å². The Bertz CT molecular complexity index is 804. The number of rotatable bonds is 4. The van der Waals surface area contributed by atoms with Crippen molar-refractivity contribution in [3.63, 3.8) is 0 Å². The van der Waals surface area contributed by atoms with Gasteiger partial charge in [-0.1, -0.05) is 6.07 Å². The van der Waals surface area contributed by atoms with Crippen molar-refractivity contribution in [2.45, 2.75) is 19.3 Å². The van der Waals surface area contributed by atoms with Gasteiger partial charge in [0.2, 0.25) is 0 Å². The van der Waals surface area contributed by atoms with Crippen LogP contribution in [0, 0.1) is 15.9 Å². The Hall–Kier alpha value is -2.96. The molecule has 2 aromatic carbocycles. The van der Waals surface area contributed by atoms with Crippen LogP contribution in [0.3, 0.4) is 0 Å². The number of carbonyl (C=O) groups excluding carboxylic acids is 1. The molecular formula is C18H18FN3O3. The number of hydrogen-bond donors (Lipinski definition) is 1. The van der Waals surface area contributed by atoms with Gasteiger partial charge in [0.05, 0.1) is 16.2 Å². The summed E-state index contributed by atoms with van der Waals surface area (Å²) in [6.07, 6.45) is 3.16. The normalized spacial score (nSPS) is 14.2. The average Bonchev–Trinajstić information content (AvgIpc) is 2.62. The summed E-state index contributed by atoms with van der Waals surface area (Å²) >= 11 is 0. The maximum atomic E-state index is 13.3. The number of halogens is 1. The van der Waals surface area contributed by atoms with E-state index in [1.54, 1.807) is 12.1 Å². The second kappa shape index (κ2) is 7.29. The molecule has 0 radical (unpaired) electrons. The number of hydrogen-bond acceptors (Lipinski definition) is 4. The van der Waals surface area contributed by atoms with E-state index in [9.17, 15) is 19.3 Å². The molecule has 1 aliphatic rings. The van der Waals surface area contributed by atoms with Crippen LogP contribution in [-0.4, -0.2) is 23.9 Å². The lowest BCUT2D eigenvalue weighted by atomic mass is 10.1. The standard InChI is InChI=1S/C18H18FN3O3/c19-13-5-4-6-14(11-13)20-18(23)16-12-15(22(24)25)7-8-17(16)21-9-2-1-3-10-21/h4-8,11-12H,1-3,9-10H2,(H,20,23). The number of amides is 1. The average molecular weight is 343 g/mol. The molecule has 0 atom stereocenters. The van der Waals surface area contributed by atoms with Gasteiger partial charge in [0, 0.05) is 30.9 Å². The van der Waals surface area contributed by atoms with Crippen LogP contribution in [0.25, 0.3) is 0 Å². The van der Waals surface area contributed by atoms with Crippen LogP contribution in [0.5, 0.6) is 0 Å². The molecule has 0 saturated carbocycles. The van der Waals surface area contributed by atoms with E-state index in [0.717, 1.165) is 32.4 Å². The van der Waals surface area contributed by atoms with Gasteiger partial charge in [-0.2, -0.15) is 0 Å². The molecule has 25 heavy (non-hydrogen) atoms. The summed E-state index contributed by atoms with van der Waals surface area (Å²) in [4.78, 5) is 25.3. The highest BCUT2D eigenvalue weighted by molar-refractivity contribution is 6.08. The zero-order valence-electron chi connectivity index (χ0n) is 13.6. The third kappa shape index (κ3) is 3.93. The molecule has 130 valence electrons. The van der Waals surface area contributed by atoms with E-state index < -0.39 is 16.6 Å². The van der Waals surface area contributed by atoms with Crippen LogP contribution in [0.1, 0.15) is 29.6 Å². The first kappa shape index (κ1) is 16.9. The molecule has 7 heteroatoms. The van der Waals surface area contributed by atoms with Gasteiger partial charge in [0.25, 0.3) is 11.6 Å². The molecule has 1 saturated heterocycles. The monoisotopic (exact) mass is 343 g/mol. The number of nitro benzene ring substituents is 1. The summed E-state index contributed by atoms with van der Waals surface area (Å²) in [6.45, 7) is 1.61. The number of nitro groups is 1. The van der Waals surface area contributed by atoms with E-state index in [-0.39, 0.29) is 11.3 Å². The Morgan fingerprint density at radius 1 is 1.12 bits per heavy atom. The predicted octanol–water partition coefficient (Wildman–Crippen LogP) is 3.98. The van der Waals surface area contributed by atoms with E-state index in [1.807, 2.05) is 0 Å². The molecule has 0 unspecified atom stereocenters. The number of nitrogens with one attached hydrogen (secondary N) is 1.